The van der Waals surface area contributed by atoms with Crippen LogP contribution in [0.4, 0.5) is 4.39 Å². The van der Waals surface area contributed by atoms with Crippen molar-refractivity contribution in [3.8, 4) is 0 Å². The topological polar surface area (TPSA) is 33.1 Å². The van der Waals surface area contributed by atoms with E-state index in [1.165, 1.54) is 12.1 Å². The Morgan fingerprint density at radius 3 is 2.53 bits per heavy atom. The molecule has 88 valence electrons. The fourth-order valence-corrected chi connectivity index (χ4v) is 1.85. The minimum Gasteiger partial charge on any atom is -0.384 e. The Hall–Kier alpha value is -1.74. The molecule has 1 aromatic heterocycles. The van der Waals surface area contributed by atoms with E-state index in [4.69, 9.17) is 0 Å². The van der Waals surface area contributed by atoms with E-state index in [1.54, 1.807) is 31.3 Å². The largest absolute Gasteiger partial charge is 0.384 e. The first-order chi connectivity index (χ1) is 8.06. The van der Waals surface area contributed by atoms with Gasteiger partial charge in [0.15, 0.2) is 0 Å². The second-order valence-corrected chi connectivity index (χ2v) is 4.20. The molecule has 17 heavy (non-hydrogen) atoms. The summed E-state index contributed by atoms with van der Waals surface area (Å²) in [6.45, 7) is 3.66. The van der Waals surface area contributed by atoms with E-state index in [-0.39, 0.29) is 5.82 Å². The van der Waals surface area contributed by atoms with Crippen LogP contribution in [0.1, 0.15) is 28.5 Å². The predicted octanol–water partition coefficient (Wildman–Crippen LogP) is 2.92. The van der Waals surface area contributed by atoms with Crippen LogP contribution >= 0.6 is 0 Å². The lowest BCUT2D eigenvalue weighted by Crippen LogP contribution is -2.01. The standard InChI is InChI=1S/C14H14FNO/c1-9-5-12(8-13(15)6-9)14(17)11-3-4-16-10(2)7-11/h3-8,14,17H,1-2H3. The average molecular weight is 231 g/mol. The lowest BCUT2D eigenvalue weighted by atomic mass is 10.00. The van der Waals surface area contributed by atoms with Crippen molar-refractivity contribution in [3.63, 3.8) is 0 Å². The molecule has 2 nitrogen and oxygen atoms in total. The number of aryl methyl sites for hydroxylation is 2. The SMILES string of the molecule is Cc1cc(F)cc(C(O)c2ccnc(C)c2)c1. The van der Waals surface area contributed by atoms with E-state index in [9.17, 15) is 9.50 Å². The summed E-state index contributed by atoms with van der Waals surface area (Å²) in [5, 5.41) is 10.2. The van der Waals surface area contributed by atoms with Crippen molar-refractivity contribution >= 4 is 0 Å². The number of aliphatic hydroxyl groups excluding tert-OH is 1. The van der Waals surface area contributed by atoms with Crippen LogP contribution in [0.5, 0.6) is 0 Å². The number of hydrogen-bond acceptors (Lipinski definition) is 2. The van der Waals surface area contributed by atoms with Gasteiger partial charge in [-0.15, -0.1) is 0 Å². The summed E-state index contributed by atoms with van der Waals surface area (Å²) >= 11 is 0. The molecule has 1 N–H and O–H groups in total. The van der Waals surface area contributed by atoms with E-state index in [1.807, 2.05) is 6.92 Å². The van der Waals surface area contributed by atoms with E-state index < -0.39 is 6.10 Å². The maximum absolute atomic E-state index is 13.3. The van der Waals surface area contributed by atoms with Gasteiger partial charge in [0.1, 0.15) is 11.9 Å². The Morgan fingerprint density at radius 2 is 1.88 bits per heavy atom. The first kappa shape index (κ1) is 11.7. The Kier molecular flexibility index (Phi) is 3.20. The summed E-state index contributed by atoms with van der Waals surface area (Å²) in [6.07, 6.45) is 0.825. The average Bonchev–Trinajstić information content (AvgIpc) is 2.26. The molecule has 0 bridgehead atoms. The van der Waals surface area contributed by atoms with Gasteiger partial charge in [0.25, 0.3) is 0 Å². The predicted molar refractivity (Wildman–Crippen MR) is 64.2 cm³/mol. The number of aliphatic hydroxyl groups is 1. The lowest BCUT2D eigenvalue weighted by Gasteiger charge is -2.12. The minimum atomic E-state index is -0.814. The highest BCUT2D eigenvalue weighted by molar-refractivity contribution is 5.32. The smallest absolute Gasteiger partial charge is 0.123 e. The zero-order chi connectivity index (χ0) is 12.4. The molecule has 1 atom stereocenters. The molecule has 0 amide bonds. The molecule has 2 rings (SSSR count). The number of aromatic nitrogens is 1. The third-order valence-electron chi connectivity index (χ3n) is 2.62. The lowest BCUT2D eigenvalue weighted by molar-refractivity contribution is 0.219. The highest BCUT2D eigenvalue weighted by Crippen LogP contribution is 2.23. The van der Waals surface area contributed by atoms with Crippen LogP contribution in [-0.4, -0.2) is 10.1 Å². The van der Waals surface area contributed by atoms with Gasteiger partial charge in [0, 0.05) is 11.9 Å². The molecule has 0 aliphatic carbocycles. The monoisotopic (exact) mass is 231 g/mol. The molecule has 0 saturated heterocycles. The molecule has 1 heterocycles. The molecule has 1 aromatic carbocycles. The van der Waals surface area contributed by atoms with Gasteiger partial charge in [-0.2, -0.15) is 0 Å². The second-order valence-electron chi connectivity index (χ2n) is 4.20. The van der Waals surface area contributed by atoms with Crippen molar-refractivity contribution in [2.75, 3.05) is 0 Å². The van der Waals surface area contributed by atoms with Crippen LogP contribution in [0, 0.1) is 19.7 Å². The van der Waals surface area contributed by atoms with Gasteiger partial charge in [-0.05, 0) is 54.8 Å². The van der Waals surface area contributed by atoms with E-state index in [0.29, 0.717) is 5.56 Å². The summed E-state index contributed by atoms with van der Waals surface area (Å²) in [7, 11) is 0. The maximum atomic E-state index is 13.3. The Bertz CT molecular complexity index is 519. The van der Waals surface area contributed by atoms with Crippen molar-refractivity contribution in [3.05, 3.63) is 64.7 Å². The molecule has 0 fully saturated rings. The molecule has 0 saturated carbocycles. The molecule has 0 spiro atoms. The van der Waals surface area contributed by atoms with E-state index in [0.717, 1.165) is 16.8 Å². The fourth-order valence-electron chi connectivity index (χ4n) is 1.85. The fraction of sp³-hybridized carbons (Fsp3) is 0.214. The summed E-state index contributed by atoms with van der Waals surface area (Å²) in [5.74, 6) is -0.329. The Morgan fingerprint density at radius 1 is 1.12 bits per heavy atom. The molecular weight excluding hydrogens is 217 g/mol. The molecule has 0 radical (unpaired) electrons. The van der Waals surface area contributed by atoms with Crippen molar-refractivity contribution in [1.82, 2.24) is 4.98 Å². The van der Waals surface area contributed by atoms with Gasteiger partial charge in [-0.25, -0.2) is 4.39 Å². The van der Waals surface area contributed by atoms with Gasteiger partial charge in [-0.1, -0.05) is 6.07 Å². The highest BCUT2D eigenvalue weighted by Gasteiger charge is 2.12. The maximum Gasteiger partial charge on any atom is 0.123 e. The van der Waals surface area contributed by atoms with Crippen molar-refractivity contribution in [2.24, 2.45) is 0 Å². The van der Waals surface area contributed by atoms with E-state index in [2.05, 4.69) is 4.98 Å². The minimum absolute atomic E-state index is 0.329. The summed E-state index contributed by atoms with van der Waals surface area (Å²) in [6, 6.07) is 8.10. The van der Waals surface area contributed by atoms with Crippen molar-refractivity contribution in [1.29, 1.82) is 0 Å². The second kappa shape index (κ2) is 4.63. The van der Waals surface area contributed by atoms with Gasteiger partial charge in [-0.3, -0.25) is 4.98 Å². The zero-order valence-electron chi connectivity index (χ0n) is 9.81. The first-order valence-electron chi connectivity index (χ1n) is 5.44. The van der Waals surface area contributed by atoms with Crippen molar-refractivity contribution < 1.29 is 9.50 Å². The van der Waals surface area contributed by atoms with E-state index >= 15 is 0 Å². The van der Waals surface area contributed by atoms with Crippen LogP contribution in [-0.2, 0) is 0 Å². The highest BCUT2D eigenvalue weighted by atomic mass is 19.1. The number of rotatable bonds is 2. The third kappa shape index (κ3) is 2.68. The van der Waals surface area contributed by atoms with Gasteiger partial charge >= 0.3 is 0 Å². The Balaban J connectivity index is 2.39. The summed E-state index contributed by atoms with van der Waals surface area (Å²) in [5.41, 5.74) is 2.91. The number of nitrogens with zero attached hydrogens (tertiary/aromatic N) is 1. The molecule has 0 aliphatic rings. The molecule has 0 aliphatic heterocycles. The summed E-state index contributed by atoms with van der Waals surface area (Å²) < 4.78 is 13.3. The molecule has 3 heteroatoms. The quantitative estimate of drug-likeness (QED) is 0.862. The van der Waals surface area contributed by atoms with Crippen LogP contribution in [0.15, 0.2) is 36.5 Å². The van der Waals surface area contributed by atoms with Gasteiger partial charge in [0.05, 0.1) is 0 Å². The molecule has 1 unspecified atom stereocenters. The molecule has 2 aromatic rings. The number of benzene rings is 1. The van der Waals surface area contributed by atoms with Gasteiger partial charge < -0.3 is 5.11 Å². The van der Waals surface area contributed by atoms with Crippen LogP contribution in [0.25, 0.3) is 0 Å². The van der Waals surface area contributed by atoms with Crippen LogP contribution < -0.4 is 0 Å². The van der Waals surface area contributed by atoms with Crippen LogP contribution in [0.3, 0.4) is 0 Å². The van der Waals surface area contributed by atoms with Crippen LogP contribution in [0.2, 0.25) is 0 Å². The molecular formula is C14H14FNO. The first-order valence-corrected chi connectivity index (χ1v) is 5.44. The Labute approximate surface area is 99.8 Å². The van der Waals surface area contributed by atoms with Gasteiger partial charge in [0.2, 0.25) is 0 Å². The third-order valence-corrected chi connectivity index (χ3v) is 2.62. The number of pyridine rings is 1. The van der Waals surface area contributed by atoms with Crippen molar-refractivity contribution in [2.45, 2.75) is 20.0 Å². The normalized spacial score (nSPS) is 12.5. The summed E-state index contributed by atoms with van der Waals surface area (Å²) in [4.78, 5) is 4.07. The number of halogens is 1. The number of hydrogen-bond donors (Lipinski definition) is 1. The zero-order valence-corrected chi connectivity index (χ0v) is 9.81.